The van der Waals surface area contributed by atoms with Gasteiger partial charge in [-0.05, 0) is 18.9 Å². The number of benzene rings is 1. The number of hydrogen-bond acceptors (Lipinski definition) is 4. The second kappa shape index (κ2) is 6.18. The van der Waals surface area contributed by atoms with Gasteiger partial charge in [0.05, 0.1) is 0 Å². The van der Waals surface area contributed by atoms with Gasteiger partial charge in [-0.3, -0.25) is 5.32 Å². The summed E-state index contributed by atoms with van der Waals surface area (Å²) >= 11 is 0. The Balaban J connectivity index is 2.01. The van der Waals surface area contributed by atoms with Crippen molar-refractivity contribution in [1.82, 2.24) is 15.0 Å². The molecule has 1 heterocycles. The fourth-order valence-electron chi connectivity index (χ4n) is 1.87. The number of carbonyl (C=O) groups excluding carboxylic acids is 1. The van der Waals surface area contributed by atoms with E-state index in [0.29, 0.717) is 12.2 Å². The summed E-state index contributed by atoms with van der Waals surface area (Å²) in [7, 11) is 1.72. The van der Waals surface area contributed by atoms with Crippen molar-refractivity contribution >= 4 is 11.9 Å². The predicted octanol–water partition coefficient (Wildman–Crippen LogP) is 2.69. The van der Waals surface area contributed by atoms with E-state index in [0.717, 1.165) is 11.3 Å². The quantitative estimate of drug-likeness (QED) is 0.930. The maximum Gasteiger partial charge on any atom is 0.413 e. The molecule has 6 heteroatoms. The summed E-state index contributed by atoms with van der Waals surface area (Å²) in [5, 5.41) is 10.5. The highest BCUT2D eigenvalue weighted by molar-refractivity contribution is 5.84. The van der Waals surface area contributed by atoms with E-state index in [1.807, 2.05) is 44.2 Å². The Hall–Kier alpha value is -2.37. The molecule has 106 valence electrons. The van der Waals surface area contributed by atoms with Crippen LogP contribution in [0.4, 0.5) is 10.6 Å². The second-order valence-electron chi connectivity index (χ2n) is 4.45. The van der Waals surface area contributed by atoms with Gasteiger partial charge in [0.1, 0.15) is 11.8 Å². The minimum atomic E-state index is -0.513. The van der Waals surface area contributed by atoms with Gasteiger partial charge in [0, 0.05) is 7.05 Å². The van der Waals surface area contributed by atoms with E-state index in [1.165, 1.54) is 4.68 Å². The maximum absolute atomic E-state index is 11.9. The van der Waals surface area contributed by atoms with Crippen molar-refractivity contribution in [1.29, 1.82) is 0 Å². The van der Waals surface area contributed by atoms with Crippen LogP contribution in [0.15, 0.2) is 30.3 Å². The maximum atomic E-state index is 11.9. The van der Waals surface area contributed by atoms with Crippen molar-refractivity contribution in [3.8, 4) is 0 Å². The molecule has 1 unspecified atom stereocenters. The summed E-state index contributed by atoms with van der Waals surface area (Å²) in [6.07, 6.45) is -0.138. The number of rotatable bonds is 4. The number of nitrogens with zero attached hydrogens (tertiary/aromatic N) is 3. The average Bonchev–Trinajstić information content (AvgIpc) is 2.80. The minimum Gasteiger partial charge on any atom is -0.441 e. The lowest BCUT2D eigenvalue weighted by molar-refractivity contribution is 0.121. The first kappa shape index (κ1) is 14.0. The van der Waals surface area contributed by atoms with E-state index in [2.05, 4.69) is 15.6 Å². The van der Waals surface area contributed by atoms with Gasteiger partial charge >= 0.3 is 6.09 Å². The van der Waals surface area contributed by atoms with Crippen molar-refractivity contribution < 1.29 is 9.53 Å². The molecular weight excluding hydrogens is 256 g/mol. The van der Waals surface area contributed by atoms with E-state index >= 15 is 0 Å². The van der Waals surface area contributed by atoms with Crippen molar-refractivity contribution in [2.45, 2.75) is 26.4 Å². The zero-order valence-corrected chi connectivity index (χ0v) is 11.8. The number of ether oxygens (including phenoxy) is 1. The van der Waals surface area contributed by atoms with Crippen LogP contribution in [0.2, 0.25) is 0 Å². The number of aryl methyl sites for hydroxylation is 2. The molecule has 2 rings (SSSR count). The van der Waals surface area contributed by atoms with Gasteiger partial charge in [-0.2, -0.15) is 0 Å². The third kappa shape index (κ3) is 3.14. The first-order valence-electron chi connectivity index (χ1n) is 6.53. The first-order chi connectivity index (χ1) is 9.61. The molecule has 0 spiro atoms. The third-order valence-corrected chi connectivity index (χ3v) is 3.00. The van der Waals surface area contributed by atoms with E-state index < -0.39 is 6.09 Å². The van der Waals surface area contributed by atoms with Crippen LogP contribution in [0, 0.1) is 0 Å². The highest BCUT2D eigenvalue weighted by Crippen LogP contribution is 2.18. The number of aromatic nitrogens is 3. The molecule has 6 nitrogen and oxygen atoms in total. The SMILES string of the molecule is CCc1nnn(C)c1NC(=O)OC(C)c1ccccc1. The molecule has 1 amide bonds. The molecule has 20 heavy (non-hydrogen) atoms. The largest absolute Gasteiger partial charge is 0.441 e. The lowest BCUT2D eigenvalue weighted by Gasteiger charge is -2.14. The van der Waals surface area contributed by atoms with Crippen LogP contribution in [0.25, 0.3) is 0 Å². The van der Waals surface area contributed by atoms with E-state index in [1.54, 1.807) is 7.05 Å². The summed E-state index contributed by atoms with van der Waals surface area (Å²) < 4.78 is 6.87. The van der Waals surface area contributed by atoms with E-state index in [9.17, 15) is 4.79 Å². The summed E-state index contributed by atoms with van der Waals surface area (Å²) in [6.45, 7) is 3.78. The topological polar surface area (TPSA) is 69.0 Å². The molecule has 0 fully saturated rings. The predicted molar refractivity (Wildman–Crippen MR) is 75.3 cm³/mol. The molecular formula is C14H18N4O2. The highest BCUT2D eigenvalue weighted by Gasteiger charge is 2.16. The van der Waals surface area contributed by atoms with Crippen LogP contribution in [-0.2, 0) is 18.2 Å². The number of nitrogens with one attached hydrogen (secondary N) is 1. The molecule has 2 aromatic rings. The lowest BCUT2D eigenvalue weighted by atomic mass is 10.1. The summed E-state index contributed by atoms with van der Waals surface area (Å²) in [5.41, 5.74) is 1.68. The fraction of sp³-hybridized carbons (Fsp3) is 0.357. The van der Waals surface area contributed by atoms with Gasteiger partial charge < -0.3 is 4.74 Å². The lowest BCUT2D eigenvalue weighted by Crippen LogP contribution is -2.18. The van der Waals surface area contributed by atoms with Gasteiger partial charge in [0.2, 0.25) is 0 Å². The zero-order chi connectivity index (χ0) is 14.5. The number of carbonyl (C=O) groups is 1. The average molecular weight is 274 g/mol. The van der Waals surface area contributed by atoms with Crippen LogP contribution in [0.1, 0.15) is 31.2 Å². The molecule has 1 aromatic heterocycles. The summed E-state index contributed by atoms with van der Waals surface area (Å²) in [6, 6.07) is 9.58. The van der Waals surface area contributed by atoms with Crippen LogP contribution >= 0.6 is 0 Å². The Morgan fingerprint density at radius 1 is 1.40 bits per heavy atom. The molecule has 1 atom stereocenters. The molecule has 0 saturated carbocycles. The van der Waals surface area contributed by atoms with Crippen molar-refractivity contribution in [2.24, 2.45) is 7.05 Å². The summed E-state index contributed by atoms with van der Waals surface area (Å²) in [5.74, 6) is 0.567. The normalized spacial score (nSPS) is 11.9. The minimum absolute atomic E-state index is 0.317. The number of hydrogen-bond donors (Lipinski definition) is 1. The molecule has 0 bridgehead atoms. The fourth-order valence-corrected chi connectivity index (χ4v) is 1.87. The second-order valence-corrected chi connectivity index (χ2v) is 4.45. The molecule has 0 aliphatic rings. The van der Waals surface area contributed by atoms with Crippen LogP contribution in [0.3, 0.4) is 0 Å². The number of anilines is 1. The standard InChI is InChI=1S/C14H18N4O2/c1-4-12-13(18(3)17-16-12)15-14(19)20-10(2)11-8-6-5-7-9-11/h5-10H,4H2,1-3H3,(H,15,19). The molecule has 0 saturated heterocycles. The van der Waals surface area contributed by atoms with E-state index in [-0.39, 0.29) is 6.10 Å². The Labute approximate surface area is 117 Å². The number of amides is 1. The smallest absolute Gasteiger partial charge is 0.413 e. The highest BCUT2D eigenvalue weighted by atomic mass is 16.6. The molecule has 1 aromatic carbocycles. The monoisotopic (exact) mass is 274 g/mol. The molecule has 1 N–H and O–H groups in total. The van der Waals surface area contributed by atoms with Crippen LogP contribution < -0.4 is 5.32 Å². The van der Waals surface area contributed by atoms with Crippen molar-refractivity contribution in [3.63, 3.8) is 0 Å². The van der Waals surface area contributed by atoms with Gasteiger partial charge in [0.25, 0.3) is 0 Å². The van der Waals surface area contributed by atoms with Gasteiger partial charge in [-0.25, -0.2) is 9.48 Å². The summed E-state index contributed by atoms with van der Waals surface area (Å²) in [4.78, 5) is 11.9. The first-order valence-corrected chi connectivity index (χ1v) is 6.53. The van der Waals surface area contributed by atoms with Crippen molar-refractivity contribution in [3.05, 3.63) is 41.6 Å². The Bertz CT molecular complexity index is 580. The Morgan fingerprint density at radius 3 is 2.75 bits per heavy atom. The third-order valence-electron chi connectivity index (χ3n) is 3.00. The van der Waals surface area contributed by atoms with Gasteiger partial charge in [-0.15, -0.1) is 5.10 Å². The zero-order valence-electron chi connectivity index (χ0n) is 11.8. The van der Waals surface area contributed by atoms with Crippen LogP contribution in [0.5, 0.6) is 0 Å². The van der Waals surface area contributed by atoms with Crippen LogP contribution in [-0.4, -0.2) is 21.1 Å². The van der Waals surface area contributed by atoms with Gasteiger partial charge in [0.15, 0.2) is 5.82 Å². The Kier molecular flexibility index (Phi) is 4.34. The van der Waals surface area contributed by atoms with Crippen molar-refractivity contribution in [2.75, 3.05) is 5.32 Å². The Morgan fingerprint density at radius 2 is 2.10 bits per heavy atom. The molecule has 0 aliphatic heterocycles. The molecule has 0 aliphatic carbocycles. The molecule has 0 radical (unpaired) electrons. The van der Waals surface area contributed by atoms with E-state index in [4.69, 9.17) is 4.74 Å². The van der Waals surface area contributed by atoms with Gasteiger partial charge in [-0.1, -0.05) is 42.5 Å².